The molecule has 2 unspecified atom stereocenters. The maximum Gasteiger partial charge on any atom is 0.307 e. The first kappa shape index (κ1) is 13.4. The largest absolute Gasteiger partial charge is 0.481 e. The molecule has 2 aliphatic rings. The number of nitrogens with one attached hydrogen (secondary N) is 1. The monoisotopic (exact) mass is 335 g/mol. The normalized spacial score (nSPS) is 30.4. The van der Waals surface area contributed by atoms with Crippen LogP contribution < -0.4 is 5.32 Å². The minimum atomic E-state index is -0.877. The second-order valence-electron chi connectivity index (χ2n) is 5.33. The van der Waals surface area contributed by atoms with Crippen molar-refractivity contribution in [1.82, 2.24) is 0 Å². The standard InChI is InChI=1S/C15H14BrNO3/c16-10-3-5-11(6-4-10)17-14(18)12-8-1-2-9(7-8)13(12)15(19)20/h1-6,8-9,12-13H,7H2,(H,17,18)(H,19,20)/t8?,9?,12-,13+/m0/s1. The minimum Gasteiger partial charge on any atom is -0.481 e. The number of carboxylic acid groups (broad SMARTS) is 1. The summed E-state index contributed by atoms with van der Waals surface area (Å²) in [5.74, 6) is -2.09. The molecule has 0 spiro atoms. The molecule has 0 heterocycles. The summed E-state index contributed by atoms with van der Waals surface area (Å²) in [4.78, 5) is 23.8. The minimum absolute atomic E-state index is 0.00170. The lowest BCUT2D eigenvalue weighted by atomic mass is 9.82. The van der Waals surface area contributed by atoms with Gasteiger partial charge in [-0.05, 0) is 42.5 Å². The number of rotatable bonds is 3. The average molecular weight is 336 g/mol. The molecule has 0 aliphatic heterocycles. The van der Waals surface area contributed by atoms with Crippen LogP contribution >= 0.6 is 15.9 Å². The summed E-state index contributed by atoms with van der Waals surface area (Å²) < 4.78 is 0.932. The summed E-state index contributed by atoms with van der Waals surface area (Å²) in [6, 6.07) is 7.26. The zero-order valence-corrected chi connectivity index (χ0v) is 12.2. The van der Waals surface area contributed by atoms with Crippen LogP contribution in [0.3, 0.4) is 0 Å². The van der Waals surface area contributed by atoms with Gasteiger partial charge >= 0.3 is 5.97 Å². The fourth-order valence-electron chi connectivity index (χ4n) is 3.28. The molecule has 1 aromatic rings. The van der Waals surface area contributed by atoms with Gasteiger partial charge in [-0.3, -0.25) is 9.59 Å². The number of halogens is 1. The molecule has 0 aromatic heterocycles. The Labute approximate surface area is 125 Å². The third kappa shape index (κ3) is 2.26. The van der Waals surface area contributed by atoms with Crippen molar-refractivity contribution in [2.45, 2.75) is 6.42 Å². The highest BCUT2D eigenvalue weighted by molar-refractivity contribution is 9.10. The molecule has 4 nitrogen and oxygen atoms in total. The Morgan fingerprint density at radius 3 is 2.30 bits per heavy atom. The summed E-state index contributed by atoms with van der Waals surface area (Å²) in [5, 5.41) is 12.2. The van der Waals surface area contributed by atoms with Gasteiger partial charge in [0, 0.05) is 10.2 Å². The van der Waals surface area contributed by atoms with Crippen molar-refractivity contribution in [3.63, 3.8) is 0 Å². The van der Waals surface area contributed by atoms with Crippen molar-refractivity contribution in [3.05, 3.63) is 40.9 Å². The Bertz CT molecular complexity index is 581. The van der Waals surface area contributed by atoms with Crippen LogP contribution in [0, 0.1) is 23.7 Å². The molecule has 104 valence electrons. The molecule has 1 fully saturated rings. The zero-order chi connectivity index (χ0) is 14.3. The average Bonchev–Trinajstić information content (AvgIpc) is 3.01. The molecular formula is C15H14BrNO3. The summed E-state index contributed by atoms with van der Waals surface area (Å²) in [5.41, 5.74) is 0.689. The topological polar surface area (TPSA) is 66.4 Å². The number of amides is 1. The first-order valence-corrected chi connectivity index (χ1v) is 7.33. The Morgan fingerprint density at radius 2 is 1.70 bits per heavy atom. The van der Waals surface area contributed by atoms with Gasteiger partial charge in [0.05, 0.1) is 11.8 Å². The number of fused-ring (bicyclic) bond motifs is 2. The van der Waals surface area contributed by atoms with E-state index in [0.29, 0.717) is 5.69 Å². The molecule has 5 heteroatoms. The highest BCUT2D eigenvalue weighted by Crippen LogP contribution is 2.48. The molecule has 1 amide bonds. The van der Waals surface area contributed by atoms with Gasteiger partial charge in [0.1, 0.15) is 0 Å². The van der Waals surface area contributed by atoms with Crippen molar-refractivity contribution >= 4 is 33.5 Å². The van der Waals surface area contributed by atoms with Gasteiger partial charge in [-0.1, -0.05) is 28.1 Å². The lowest BCUT2D eigenvalue weighted by molar-refractivity contribution is -0.146. The maximum atomic E-state index is 12.4. The van der Waals surface area contributed by atoms with E-state index in [1.165, 1.54) is 0 Å². The van der Waals surface area contributed by atoms with Crippen LogP contribution in [0.25, 0.3) is 0 Å². The molecule has 2 bridgehead atoms. The van der Waals surface area contributed by atoms with E-state index in [1.807, 2.05) is 24.3 Å². The van der Waals surface area contributed by atoms with E-state index in [1.54, 1.807) is 12.1 Å². The number of carboxylic acids is 1. The Hall–Kier alpha value is -1.62. The fraction of sp³-hybridized carbons (Fsp3) is 0.333. The molecule has 0 radical (unpaired) electrons. The first-order valence-electron chi connectivity index (χ1n) is 6.54. The van der Waals surface area contributed by atoms with Crippen molar-refractivity contribution in [2.75, 3.05) is 5.32 Å². The van der Waals surface area contributed by atoms with Crippen LogP contribution in [0.15, 0.2) is 40.9 Å². The second-order valence-corrected chi connectivity index (χ2v) is 6.25. The van der Waals surface area contributed by atoms with Crippen molar-refractivity contribution in [2.24, 2.45) is 23.7 Å². The Kier molecular flexibility index (Phi) is 3.38. The van der Waals surface area contributed by atoms with Crippen LogP contribution in [-0.2, 0) is 9.59 Å². The maximum absolute atomic E-state index is 12.4. The van der Waals surface area contributed by atoms with Crippen LogP contribution in [0.4, 0.5) is 5.69 Å². The van der Waals surface area contributed by atoms with Gasteiger partial charge in [0.15, 0.2) is 0 Å². The lowest BCUT2D eigenvalue weighted by Gasteiger charge is -2.23. The van der Waals surface area contributed by atoms with Gasteiger partial charge in [-0.15, -0.1) is 0 Å². The van der Waals surface area contributed by atoms with Crippen molar-refractivity contribution in [1.29, 1.82) is 0 Å². The number of carbonyl (C=O) groups excluding carboxylic acids is 1. The van der Waals surface area contributed by atoms with Crippen LogP contribution in [0.1, 0.15) is 6.42 Å². The number of anilines is 1. The summed E-state index contributed by atoms with van der Waals surface area (Å²) in [6.45, 7) is 0. The quantitative estimate of drug-likeness (QED) is 0.834. The number of allylic oxidation sites excluding steroid dienone is 2. The Morgan fingerprint density at radius 1 is 1.10 bits per heavy atom. The molecule has 1 aromatic carbocycles. The predicted molar refractivity (Wildman–Crippen MR) is 78.1 cm³/mol. The highest BCUT2D eigenvalue weighted by atomic mass is 79.9. The van der Waals surface area contributed by atoms with E-state index in [2.05, 4.69) is 21.2 Å². The number of hydrogen-bond acceptors (Lipinski definition) is 2. The van der Waals surface area contributed by atoms with E-state index < -0.39 is 17.8 Å². The third-order valence-electron chi connectivity index (χ3n) is 4.16. The van der Waals surface area contributed by atoms with Gasteiger partial charge in [-0.25, -0.2) is 0 Å². The smallest absolute Gasteiger partial charge is 0.307 e. The fourth-order valence-corrected chi connectivity index (χ4v) is 3.54. The molecule has 1 saturated carbocycles. The number of aliphatic carboxylic acids is 1. The SMILES string of the molecule is O=C(O)[C@@H]1C2C=CC(C2)[C@@H]1C(=O)Nc1ccc(Br)cc1. The molecule has 4 atom stereocenters. The lowest BCUT2D eigenvalue weighted by Crippen LogP contribution is -2.36. The summed E-state index contributed by atoms with van der Waals surface area (Å²) in [7, 11) is 0. The first-order chi connectivity index (χ1) is 9.56. The van der Waals surface area contributed by atoms with Crippen molar-refractivity contribution < 1.29 is 14.7 Å². The van der Waals surface area contributed by atoms with Crippen LogP contribution in [-0.4, -0.2) is 17.0 Å². The van der Waals surface area contributed by atoms with Gasteiger partial charge in [-0.2, -0.15) is 0 Å². The van der Waals surface area contributed by atoms with Crippen LogP contribution in [0.5, 0.6) is 0 Å². The number of carbonyl (C=O) groups is 2. The van der Waals surface area contributed by atoms with E-state index in [4.69, 9.17) is 0 Å². The molecule has 0 saturated heterocycles. The third-order valence-corrected chi connectivity index (χ3v) is 4.69. The predicted octanol–water partition coefficient (Wildman–Crippen LogP) is 2.91. The zero-order valence-electron chi connectivity index (χ0n) is 10.6. The van der Waals surface area contributed by atoms with Gasteiger partial charge in [0.25, 0.3) is 0 Å². The van der Waals surface area contributed by atoms with Gasteiger partial charge in [0.2, 0.25) is 5.91 Å². The van der Waals surface area contributed by atoms with E-state index >= 15 is 0 Å². The van der Waals surface area contributed by atoms with Crippen LogP contribution in [0.2, 0.25) is 0 Å². The molecule has 2 aliphatic carbocycles. The molecule has 2 N–H and O–H groups in total. The summed E-state index contributed by atoms with van der Waals surface area (Å²) in [6.07, 6.45) is 4.69. The Balaban J connectivity index is 1.78. The number of benzene rings is 1. The second kappa shape index (κ2) is 5.05. The molecule has 3 rings (SSSR count). The highest BCUT2D eigenvalue weighted by Gasteiger charge is 2.51. The molecular weight excluding hydrogens is 322 g/mol. The van der Waals surface area contributed by atoms with E-state index in [9.17, 15) is 14.7 Å². The van der Waals surface area contributed by atoms with Crippen molar-refractivity contribution in [3.8, 4) is 0 Å². The summed E-state index contributed by atoms with van der Waals surface area (Å²) >= 11 is 3.33. The molecule has 20 heavy (non-hydrogen) atoms. The van der Waals surface area contributed by atoms with E-state index in [0.717, 1.165) is 10.9 Å². The van der Waals surface area contributed by atoms with Gasteiger partial charge < -0.3 is 10.4 Å². The number of hydrogen-bond donors (Lipinski definition) is 2. The van der Waals surface area contributed by atoms with E-state index in [-0.39, 0.29) is 17.7 Å².